The number of ether oxygens (including phenoxy) is 1. The topological polar surface area (TPSA) is 62.7 Å². The molecule has 0 bridgehead atoms. The fourth-order valence-electron chi connectivity index (χ4n) is 3.91. The molecule has 7 heteroatoms. The first-order valence-corrected chi connectivity index (χ1v) is 12.4. The molecule has 0 atom stereocenters. The van der Waals surface area contributed by atoms with E-state index in [1.165, 1.54) is 13.2 Å². The van der Waals surface area contributed by atoms with E-state index in [4.69, 9.17) is 11.6 Å². The second kappa shape index (κ2) is 12.2. The second-order valence-corrected chi connectivity index (χ2v) is 9.24. The molecule has 0 radical (unpaired) electrons. The zero-order chi connectivity index (χ0) is 27.1. The number of hydrogen-bond donors (Lipinski definition) is 0. The van der Waals surface area contributed by atoms with Crippen LogP contribution in [0.3, 0.4) is 0 Å². The molecule has 1 heterocycles. The number of anilines is 2. The molecule has 0 aliphatic carbocycles. The van der Waals surface area contributed by atoms with Gasteiger partial charge in [0.25, 0.3) is 5.91 Å². The Morgan fingerprint density at radius 1 is 0.895 bits per heavy atom. The Kier molecular flexibility index (Phi) is 8.56. The number of halogens is 1. The first-order chi connectivity index (χ1) is 18.4. The third-order valence-corrected chi connectivity index (χ3v) is 6.39. The lowest BCUT2D eigenvalue weighted by atomic mass is 10.0. The summed E-state index contributed by atoms with van der Waals surface area (Å²) < 4.78 is 4.67. The van der Waals surface area contributed by atoms with Crippen molar-refractivity contribution in [1.29, 1.82) is 0 Å². The van der Waals surface area contributed by atoms with E-state index in [-0.39, 0.29) is 12.5 Å². The summed E-state index contributed by atoms with van der Waals surface area (Å²) in [5.74, 6) is -0.670. The second-order valence-electron chi connectivity index (χ2n) is 8.84. The fraction of sp³-hybridized carbons (Fsp3) is 0.129. The Balaban J connectivity index is 1.66. The summed E-state index contributed by atoms with van der Waals surface area (Å²) >= 11 is 6.75. The molecule has 4 rings (SSSR count). The van der Waals surface area contributed by atoms with Gasteiger partial charge in [-0.05, 0) is 64.7 Å². The van der Waals surface area contributed by atoms with Crippen molar-refractivity contribution in [1.82, 2.24) is 4.98 Å². The molecule has 0 aliphatic rings. The van der Waals surface area contributed by atoms with Gasteiger partial charge in [0.1, 0.15) is 0 Å². The number of amides is 1. The average molecular weight is 526 g/mol. The number of aromatic nitrogens is 1. The number of nitrogens with zero attached hydrogens (tertiary/aromatic N) is 3. The molecule has 0 N–H and O–H groups in total. The van der Waals surface area contributed by atoms with Crippen molar-refractivity contribution in [3.05, 3.63) is 119 Å². The van der Waals surface area contributed by atoms with E-state index in [1.54, 1.807) is 41.6 Å². The van der Waals surface area contributed by atoms with Gasteiger partial charge in [-0.2, -0.15) is 0 Å². The van der Waals surface area contributed by atoms with Gasteiger partial charge in [-0.3, -0.25) is 9.78 Å². The van der Waals surface area contributed by atoms with Crippen molar-refractivity contribution in [2.45, 2.75) is 6.54 Å². The van der Waals surface area contributed by atoms with Crippen molar-refractivity contribution >= 4 is 40.9 Å². The minimum atomic E-state index is -0.476. The Labute approximate surface area is 227 Å². The average Bonchev–Trinajstić information content (AvgIpc) is 2.95. The molecule has 3 aromatic carbocycles. The van der Waals surface area contributed by atoms with E-state index in [2.05, 4.69) is 34.0 Å². The minimum absolute atomic E-state index is 0.194. The molecule has 0 saturated heterocycles. The number of esters is 1. The van der Waals surface area contributed by atoms with Gasteiger partial charge in [0, 0.05) is 42.6 Å². The highest BCUT2D eigenvalue weighted by Crippen LogP contribution is 2.30. The summed E-state index contributed by atoms with van der Waals surface area (Å²) in [5.41, 5.74) is 5.71. The largest absolute Gasteiger partial charge is 0.466 e. The molecule has 1 amide bonds. The van der Waals surface area contributed by atoms with E-state index < -0.39 is 5.97 Å². The number of carbonyl (C=O) groups is 2. The Bertz CT molecular complexity index is 1450. The van der Waals surface area contributed by atoms with Gasteiger partial charge in [-0.1, -0.05) is 54.1 Å². The molecule has 0 fully saturated rings. The van der Waals surface area contributed by atoms with Gasteiger partial charge in [0.15, 0.2) is 0 Å². The van der Waals surface area contributed by atoms with Gasteiger partial charge >= 0.3 is 5.97 Å². The molecule has 38 heavy (non-hydrogen) atoms. The summed E-state index contributed by atoms with van der Waals surface area (Å²) in [7, 11) is 5.32. The van der Waals surface area contributed by atoms with E-state index >= 15 is 0 Å². The molecular formula is C31H28ClN3O3. The smallest absolute Gasteiger partial charge is 0.330 e. The molecular weight excluding hydrogens is 498 g/mol. The maximum Gasteiger partial charge on any atom is 0.330 e. The molecule has 6 nitrogen and oxygen atoms in total. The van der Waals surface area contributed by atoms with Gasteiger partial charge < -0.3 is 14.5 Å². The molecule has 0 spiro atoms. The zero-order valence-electron chi connectivity index (χ0n) is 21.5. The highest BCUT2D eigenvalue weighted by atomic mass is 35.5. The molecule has 0 saturated carbocycles. The van der Waals surface area contributed by atoms with Gasteiger partial charge in [0.05, 0.1) is 25.5 Å². The lowest BCUT2D eigenvalue weighted by molar-refractivity contribution is -0.134. The van der Waals surface area contributed by atoms with Crippen LogP contribution >= 0.6 is 11.6 Å². The number of pyridine rings is 1. The highest BCUT2D eigenvalue weighted by Gasteiger charge is 2.20. The molecule has 1 aromatic heterocycles. The van der Waals surface area contributed by atoms with Crippen LogP contribution in [0.2, 0.25) is 5.02 Å². The quantitative estimate of drug-likeness (QED) is 0.194. The Morgan fingerprint density at radius 2 is 1.61 bits per heavy atom. The number of carbonyl (C=O) groups excluding carboxylic acids is 2. The summed E-state index contributed by atoms with van der Waals surface area (Å²) in [6, 6.07) is 24.9. The van der Waals surface area contributed by atoms with Crippen LogP contribution in [0.25, 0.3) is 17.2 Å². The van der Waals surface area contributed by atoms with Gasteiger partial charge in [-0.15, -0.1) is 0 Å². The fourth-order valence-corrected chi connectivity index (χ4v) is 4.15. The van der Waals surface area contributed by atoms with Gasteiger partial charge in [-0.25, -0.2) is 4.79 Å². The normalized spacial score (nSPS) is 10.8. The predicted octanol–water partition coefficient (Wildman–Crippen LogP) is 6.50. The lowest BCUT2D eigenvalue weighted by Crippen LogP contribution is -2.30. The predicted molar refractivity (Wildman–Crippen MR) is 153 cm³/mol. The van der Waals surface area contributed by atoms with Crippen LogP contribution in [-0.4, -0.2) is 38.1 Å². The summed E-state index contributed by atoms with van der Waals surface area (Å²) in [6.45, 7) is 0.234. The van der Waals surface area contributed by atoms with Crippen molar-refractivity contribution in [3.63, 3.8) is 0 Å². The minimum Gasteiger partial charge on any atom is -0.466 e. The van der Waals surface area contributed by atoms with Crippen LogP contribution in [0.1, 0.15) is 21.5 Å². The molecule has 0 unspecified atom stereocenters. The molecule has 192 valence electrons. The van der Waals surface area contributed by atoms with Crippen molar-refractivity contribution in [2.24, 2.45) is 0 Å². The Hall–Kier alpha value is -4.42. The lowest BCUT2D eigenvalue weighted by Gasteiger charge is -2.24. The summed E-state index contributed by atoms with van der Waals surface area (Å²) in [6.07, 6.45) is 6.13. The molecule has 0 aliphatic heterocycles. The third-order valence-electron chi connectivity index (χ3n) is 6.03. The maximum absolute atomic E-state index is 13.6. The highest BCUT2D eigenvalue weighted by molar-refractivity contribution is 6.31. The van der Waals surface area contributed by atoms with Crippen LogP contribution in [0.4, 0.5) is 11.4 Å². The summed E-state index contributed by atoms with van der Waals surface area (Å²) in [5, 5.41) is 0.555. The van der Waals surface area contributed by atoms with Gasteiger partial charge in [0.2, 0.25) is 0 Å². The first kappa shape index (κ1) is 26.6. The van der Waals surface area contributed by atoms with E-state index in [1.807, 2.05) is 55.4 Å². The maximum atomic E-state index is 13.6. The zero-order valence-corrected chi connectivity index (χ0v) is 22.2. The van der Waals surface area contributed by atoms with Crippen LogP contribution in [0.5, 0.6) is 0 Å². The number of hydrogen-bond acceptors (Lipinski definition) is 5. The van der Waals surface area contributed by atoms with Crippen molar-refractivity contribution in [2.75, 3.05) is 31.0 Å². The van der Waals surface area contributed by atoms with E-state index in [0.29, 0.717) is 21.8 Å². The number of methoxy groups -OCH3 is 1. The summed E-state index contributed by atoms with van der Waals surface area (Å²) in [4.78, 5) is 33.1. The van der Waals surface area contributed by atoms with E-state index in [0.717, 1.165) is 22.4 Å². The molecule has 4 aromatic rings. The third kappa shape index (κ3) is 6.47. The van der Waals surface area contributed by atoms with Crippen molar-refractivity contribution < 1.29 is 14.3 Å². The number of benzene rings is 3. The van der Waals surface area contributed by atoms with Crippen LogP contribution in [0, 0.1) is 0 Å². The van der Waals surface area contributed by atoms with Crippen LogP contribution < -0.4 is 9.80 Å². The SMILES string of the molecule is COC(=O)C=Cc1cncc(N(Cc2ccc(-c3ccc(N(C)C)cc3)cc2Cl)C(=O)c2ccccc2)c1. The van der Waals surface area contributed by atoms with Crippen LogP contribution in [0.15, 0.2) is 97.3 Å². The monoisotopic (exact) mass is 525 g/mol. The first-order valence-electron chi connectivity index (χ1n) is 12.0. The standard InChI is InChI=1S/C31H28ClN3O3/c1-34(2)27-14-12-23(13-15-27)25-10-11-26(29(32)18-25)21-35(31(37)24-7-5-4-6-8-24)28-17-22(19-33-20-28)9-16-30(36)38-3/h4-20H,21H2,1-3H3. The number of rotatable bonds is 8. The van der Waals surface area contributed by atoms with E-state index in [9.17, 15) is 9.59 Å². The van der Waals surface area contributed by atoms with Crippen LogP contribution in [-0.2, 0) is 16.1 Å². The van der Waals surface area contributed by atoms with Crippen molar-refractivity contribution in [3.8, 4) is 11.1 Å². The Morgan fingerprint density at radius 3 is 2.26 bits per heavy atom.